The molecular formula is C19H16N2O3. The Labute approximate surface area is 139 Å². The summed E-state index contributed by atoms with van der Waals surface area (Å²) in [6, 6.07) is 16.0. The van der Waals surface area contributed by atoms with Crippen LogP contribution in [0.25, 0.3) is 10.9 Å². The number of rotatable bonds is 5. The van der Waals surface area contributed by atoms with Crippen LogP contribution in [0, 0.1) is 0 Å². The molecule has 1 amide bonds. The van der Waals surface area contributed by atoms with E-state index >= 15 is 0 Å². The first-order chi connectivity index (χ1) is 11.7. The first-order valence-corrected chi connectivity index (χ1v) is 7.49. The lowest BCUT2D eigenvalue weighted by Crippen LogP contribution is -2.29. The Morgan fingerprint density at radius 3 is 2.58 bits per heavy atom. The minimum absolute atomic E-state index is 0.101. The van der Waals surface area contributed by atoms with Crippen LogP contribution in [0.15, 0.2) is 60.8 Å². The number of para-hydroxylation sites is 2. The second kappa shape index (κ2) is 6.91. The summed E-state index contributed by atoms with van der Waals surface area (Å²) in [6.07, 6.45) is 1.58. The summed E-state index contributed by atoms with van der Waals surface area (Å²) in [5, 5.41) is 3.42. The smallest absolute Gasteiger partial charge is 0.252 e. The SMILES string of the molecule is COc1ccccc1C(=O)CNC(=O)c1ccnc2ccccc12. The standard InChI is InChI=1S/C19H16N2O3/c1-24-18-9-5-3-7-15(18)17(22)12-21-19(23)14-10-11-20-16-8-4-2-6-13(14)16/h2-11H,12H2,1H3,(H,21,23). The number of nitrogens with one attached hydrogen (secondary N) is 1. The fourth-order valence-electron chi connectivity index (χ4n) is 2.52. The number of carbonyl (C=O) groups excluding carboxylic acids is 2. The molecule has 0 radical (unpaired) electrons. The van der Waals surface area contributed by atoms with Crippen molar-refractivity contribution >= 4 is 22.6 Å². The maximum atomic E-state index is 12.4. The van der Waals surface area contributed by atoms with Crippen LogP contribution < -0.4 is 10.1 Å². The molecule has 0 saturated heterocycles. The molecule has 0 saturated carbocycles. The minimum atomic E-state index is -0.308. The van der Waals surface area contributed by atoms with Crippen LogP contribution in [0.2, 0.25) is 0 Å². The van der Waals surface area contributed by atoms with E-state index in [9.17, 15) is 9.59 Å². The number of ketones is 1. The van der Waals surface area contributed by atoms with Gasteiger partial charge in [0.1, 0.15) is 5.75 Å². The molecule has 0 spiro atoms. The van der Waals surface area contributed by atoms with E-state index in [0.29, 0.717) is 16.9 Å². The number of aromatic nitrogens is 1. The minimum Gasteiger partial charge on any atom is -0.496 e. The van der Waals surface area contributed by atoms with E-state index in [1.165, 1.54) is 7.11 Å². The monoisotopic (exact) mass is 320 g/mol. The van der Waals surface area contributed by atoms with Gasteiger partial charge in [-0.1, -0.05) is 30.3 Å². The normalized spacial score (nSPS) is 10.4. The van der Waals surface area contributed by atoms with Gasteiger partial charge in [0.25, 0.3) is 5.91 Å². The Hall–Kier alpha value is -3.21. The molecule has 5 heteroatoms. The summed E-state index contributed by atoms with van der Waals surface area (Å²) < 4.78 is 5.17. The fourth-order valence-corrected chi connectivity index (χ4v) is 2.52. The maximum Gasteiger partial charge on any atom is 0.252 e. The van der Waals surface area contributed by atoms with E-state index < -0.39 is 0 Å². The van der Waals surface area contributed by atoms with Gasteiger partial charge in [-0.3, -0.25) is 14.6 Å². The Morgan fingerprint density at radius 2 is 1.75 bits per heavy atom. The summed E-state index contributed by atoms with van der Waals surface area (Å²) in [5.41, 5.74) is 1.68. The molecule has 5 nitrogen and oxygen atoms in total. The van der Waals surface area contributed by atoms with Gasteiger partial charge in [0.15, 0.2) is 5.78 Å². The Morgan fingerprint density at radius 1 is 1.00 bits per heavy atom. The van der Waals surface area contributed by atoms with Gasteiger partial charge in [-0.2, -0.15) is 0 Å². The number of benzene rings is 2. The lowest BCUT2D eigenvalue weighted by molar-refractivity contribution is 0.0904. The molecule has 0 atom stereocenters. The van der Waals surface area contributed by atoms with E-state index in [2.05, 4.69) is 10.3 Å². The number of hydrogen-bond donors (Lipinski definition) is 1. The van der Waals surface area contributed by atoms with E-state index in [0.717, 1.165) is 10.9 Å². The van der Waals surface area contributed by atoms with Crippen molar-refractivity contribution < 1.29 is 14.3 Å². The van der Waals surface area contributed by atoms with Crippen molar-refractivity contribution in [3.05, 3.63) is 71.9 Å². The van der Waals surface area contributed by atoms with Gasteiger partial charge in [-0.15, -0.1) is 0 Å². The third-order valence-corrected chi connectivity index (χ3v) is 3.71. The maximum absolute atomic E-state index is 12.4. The molecule has 3 rings (SSSR count). The predicted molar refractivity (Wildman–Crippen MR) is 91.4 cm³/mol. The molecule has 0 unspecified atom stereocenters. The number of nitrogens with zero attached hydrogens (tertiary/aromatic N) is 1. The molecule has 0 aliphatic heterocycles. The summed E-state index contributed by atoms with van der Waals surface area (Å²) in [7, 11) is 1.51. The zero-order valence-electron chi connectivity index (χ0n) is 13.2. The topological polar surface area (TPSA) is 68.3 Å². The fraction of sp³-hybridized carbons (Fsp3) is 0.105. The van der Waals surface area contributed by atoms with Crippen LogP contribution in [0.5, 0.6) is 5.75 Å². The molecule has 120 valence electrons. The molecule has 0 aliphatic carbocycles. The molecule has 0 aliphatic rings. The highest BCUT2D eigenvalue weighted by molar-refractivity contribution is 6.08. The number of amides is 1. The summed E-state index contributed by atoms with van der Waals surface area (Å²) in [4.78, 5) is 29.0. The number of ether oxygens (including phenoxy) is 1. The lowest BCUT2D eigenvalue weighted by atomic mass is 10.1. The van der Waals surface area contributed by atoms with Gasteiger partial charge in [-0.05, 0) is 24.3 Å². The lowest BCUT2D eigenvalue weighted by Gasteiger charge is -2.09. The van der Waals surface area contributed by atoms with Crippen LogP contribution in [-0.4, -0.2) is 30.3 Å². The molecule has 0 bridgehead atoms. The Bertz CT molecular complexity index is 901. The van der Waals surface area contributed by atoms with Gasteiger partial charge >= 0.3 is 0 Å². The zero-order chi connectivity index (χ0) is 16.9. The van der Waals surface area contributed by atoms with Crippen molar-refractivity contribution in [2.45, 2.75) is 0 Å². The van der Waals surface area contributed by atoms with Gasteiger partial charge in [0, 0.05) is 11.6 Å². The largest absolute Gasteiger partial charge is 0.496 e. The molecule has 3 aromatic rings. The second-order valence-corrected chi connectivity index (χ2v) is 5.18. The first-order valence-electron chi connectivity index (χ1n) is 7.49. The summed E-state index contributed by atoms with van der Waals surface area (Å²) in [5.74, 6) is -0.0258. The van der Waals surface area contributed by atoms with Crippen molar-refractivity contribution in [1.82, 2.24) is 10.3 Å². The van der Waals surface area contributed by atoms with Gasteiger partial charge < -0.3 is 10.1 Å². The number of carbonyl (C=O) groups is 2. The summed E-state index contributed by atoms with van der Waals surface area (Å²) in [6.45, 7) is -0.101. The van der Waals surface area contributed by atoms with Crippen LogP contribution >= 0.6 is 0 Å². The molecule has 1 heterocycles. The van der Waals surface area contributed by atoms with Crippen molar-refractivity contribution in [2.75, 3.05) is 13.7 Å². The molecule has 1 aromatic heterocycles. The van der Waals surface area contributed by atoms with E-state index in [1.807, 2.05) is 24.3 Å². The molecule has 0 fully saturated rings. The van der Waals surface area contributed by atoms with E-state index in [-0.39, 0.29) is 18.2 Å². The predicted octanol–water partition coefficient (Wildman–Crippen LogP) is 2.86. The second-order valence-electron chi connectivity index (χ2n) is 5.18. The molecule has 2 aromatic carbocycles. The number of fused-ring (bicyclic) bond motifs is 1. The quantitative estimate of drug-likeness (QED) is 0.734. The number of pyridine rings is 1. The van der Waals surface area contributed by atoms with Crippen molar-refractivity contribution in [1.29, 1.82) is 0 Å². The van der Waals surface area contributed by atoms with E-state index in [4.69, 9.17) is 4.74 Å². The highest BCUT2D eigenvalue weighted by Gasteiger charge is 2.15. The summed E-state index contributed by atoms with van der Waals surface area (Å²) >= 11 is 0. The average molecular weight is 320 g/mol. The number of Topliss-reactive ketones (excluding diaryl/α,β-unsaturated/α-hetero) is 1. The highest BCUT2D eigenvalue weighted by atomic mass is 16.5. The number of hydrogen-bond acceptors (Lipinski definition) is 4. The number of methoxy groups -OCH3 is 1. The van der Waals surface area contributed by atoms with Crippen LogP contribution in [-0.2, 0) is 0 Å². The van der Waals surface area contributed by atoms with Crippen LogP contribution in [0.4, 0.5) is 0 Å². The van der Waals surface area contributed by atoms with Gasteiger partial charge in [-0.25, -0.2) is 0 Å². The Balaban J connectivity index is 1.77. The van der Waals surface area contributed by atoms with Crippen molar-refractivity contribution in [3.8, 4) is 5.75 Å². The van der Waals surface area contributed by atoms with Crippen LogP contribution in [0.1, 0.15) is 20.7 Å². The zero-order valence-corrected chi connectivity index (χ0v) is 13.2. The molecule has 1 N–H and O–H groups in total. The first kappa shape index (κ1) is 15.7. The molecule has 24 heavy (non-hydrogen) atoms. The van der Waals surface area contributed by atoms with E-state index in [1.54, 1.807) is 36.5 Å². The Kier molecular flexibility index (Phi) is 4.52. The molecular weight excluding hydrogens is 304 g/mol. The van der Waals surface area contributed by atoms with Crippen molar-refractivity contribution in [3.63, 3.8) is 0 Å². The van der Waals surface area contributed by atoms with Crippen LogP contribution in [0.3, 0.4) is 0 Å². The third-order valence-electron chi connectivity index (χ3n) is 3.71. The average Bonchev–Trinajstić information content (AvgIpc) is 2.65. The highest BCUT2D eigenvalue weighted by Crippen LogP contribution is 2.18. The van der Waals surface area contributed by atoms with Gasteiger partial charge in [0.2, 0.25) is 0 Å². The van der Waals surface area contributed by atoms with Crippen molar-refractivity contribution in [2.24, 2.45) is 0 Å². The van der Waals surface area contributed by atoms with Gasteiger partial charge in [0.05, 0.1) is 30.3 Å². The third kappa shape index (κ3) is 3.10.